The van der Waals surface area contributed by atoms with Crippen LogP contribution < -0.4 is 34.7 Å². The summed E-state index contributed by atoms with van der Waals surface area (Å²) in [6.07, 6.45) is 0. The van der Waals surface area contributed by atoms with Crippen molar-refractivity contribution >= 4 is 19.9 Å². The topological polar surface area (TPSA) is 60.2 Å². The number of benzene rings is 1. The molecule has 0 bridgehead atoms. The third kappa shape index (κ3) is 4.55. The van der Waals surface area contributed by atoms with Crippen molar-refractivity contribution in [2.45, 2.75) is 4.90 Å². The molecule has 0 aromatic heterocycles. The van der Waals surface area contributed by atoms with Gasteiger partial charge in [0.1, 0.15) is 0 Å². The van der Waals surface area contributed by atoms with Gasteiger partial charge in [-0.05, 0) is 18.2 Å². The molecule has 1 aromatic rings. The second-order valence-corrected chi connectivity index (χ2v) is 3.34. The van der Waals surface area contributed by atoms with Crippen LogP contribution in [0.2, 0.25) is 0 Å². The quantitative estimate of drug-likeness (QED) is 0.412. The van der Waals surface area contributed by atoms with Crippen LogP contribution in [-0.2, 0) is 10.0 Å². The minimum atomic E-state index is -3.52. The fourth-order valence-corrected chi connectivity index (χ4v) is 1.08. The minimum absolute atomic E-state index is 0. The van der Waals surface area contributed by atoms with Gasteiger partial charge in [0.15, 0.2) is 0 Å². The van der Waals surface area contributed by atoms with E-state index < -0.39 is 10.0 Å². The second kappa shape index (κ2) is 6.08. The van der Waals surface area contributed by atoms with Crippen LogP contribution in [0.25, 0.3) is 0 Å². The molecule has 0 aliphatic heterocycles. The van der Waals surface area contributed by atoms with Crippen LogP contribution in [0.3, 0.4) is 0 Å². The first-order valence-corrected chi connectivity index (χ1v) is 4.14. The number of sulfonamides is 1. The maximum Gasteiger partial charge on any atom is 1.00 e. The van der Waals surface area contributed by atoms with Crippen molar-refractivity contribution in [2.75, 3.05) is 0 Å². The largest absolute Gasteiger partial charge is 1.00 e. The van der Waals surface area contributed by atoms with Crippen molar-refractivity contribution in [3.05, 3.63) is 30.3 Å². The molecule has 1 aromatic carbocycles. The summed E-state index contributed by atoms with van der Waals surface area (Å²) >= 11 is 0. The predicted octanol–water partition coefficient (Wildman–Crippen LogP) is -2.54. The Morgan fingerprint density at radius 1 is 1.25 bits per heavy atom. The first kappa shape index (κ1) is 15.1. The maximum absolute atomic E-state index is 10.6. The molecule has 2 N–H and O–H groups in total. The monoisotopic (exact) mass is 212 g/mol. The fourth-order valence-electron chi connectivity index (χ4n) is 0.561. The molecule has 0 heterocycles. The van der Waals surface area contributed by atoms with Gasteiger partial charge in [0.2, 0.25) is 10.0 Å². The van der Waals surface area contributed by atoms with Gasteiger partial charge in [-0.2, -0.15) is 0 Å². The molecular formula is C6H8NNaO2PS. The second-order valence-electron chi connectivity index (χ2n) is 1.78. The molecular weight excluding hydrogens is 204 g/mol. The van der Waals surface area contributed by atoms with Crippen molar-refractivity contribution < 1.29 is 38.0 Å². The third-order valence-corrected chi connectivity index (χ3v) is 1.95. The van der Waals surface area contributed by atoms with Crippen LogP contribution in [0.5, 0.6) is 0 Å². The van der Waals surface area contributed by atoms with E-state index in [1.54, 1.807) is 0 Å². The fraction of sp³-hybridized carbons (Fsp3) is 0. The van der Waals surface area contributed by atoms with Gasteiger partial charge in [0.05, 0.1) is 4.90 Å². The number of rotatable bonds is 1. The molecule has 0 amide bonds. The molecule has 0 aliphatic rings. The van der Waals surface area contributed by atoms with E-state index in [4.69, 9.17) is 5.14 Å². The summed E-state index contributed by atoms with van der Waals surface area (Å²) in [5.74, 6) is 0. The number of hydrogen-bond donors (Lipinski definition) is 1. The van der Waals surface area contributed by atoms with Crippen molar-refractivity contribution in [1.82, 2.24) is 0 Å². The van der Waals surface area contributed by atoms with E-state index in [1.165, 1.54) is 24.3 Å². The van der Waals surface area contributed by atoms with Gasteiger partial charge in [0, 0.05) is 0 Å². The van der Waals surface area contributed by atoms with E-state index in [9.17, 15) is 8.42 Å². The van der Waals surface area contributed by atoms with Crippen molar-refractivity contribution in [2.24, 2.45) is 5.14 Å². The van der Waals surface area contributed by atoms with E-state index in [2.05, 4.69) is 6.07 Å². The van der Waals surface area contributed by atoms with Crippen LogP contribution in [0, 0.1) is 6.07 Å². The van der Waals surface area contributed by atoms with Crippen LogP contribution >= 0.6 is 9.90 Å². The van der Waals surface area contributed by atoms with Crippen molar-refractivity contribution in [3.8, 4) is 0 Å². The molecule has 0 atom stereocenters. The van der Waals surface area contributed by atoms with E-state index in [1.807, 2.05) is 0 Å². The first-order valence-electron chi connectivity index (χ1n) is 2.59. The Morgan fingerprint density at radius 2 is 1.67 bits per heavy atom. The third-order valence-electron chi connectivity index (χ3n) is 1.02. The van der Waals surface area contributed by atoms with Crippen LogP contribution in [-0.4, -0.2) is 8.42 Å². The normalized spacial score (nSPS) is 9.42. The Labute approximate surface area is 97.7 Å². The maximum atomic E-state index is 10.6. The Bertz CT molecular complexity index is 314. The summed E-state index contributed by atoms with van der Waals surface area (Å²) in [4.78, 5) is 0.117. The first-order chi connectivity index (χ1) is 4.61. The Morgan fingerprint density at radius 3 is 1.92 bits per heavy atom. The summed E-state index contributed by atoms with van der Waals surface area (Å²) in [6, 6.07) is 8.48. The Balaban J connectivity index is 0. The standard InChI is InChI=1S/C6H6NO2S.Na.H2P/c7-10(8,9)6-4-2-1-3-5-6;;/h2-5H,(H2,7,8,9);;1H2/q;+1;-1. The summed E-state index contributed by atoms with van der Waals surface area (Å²) in [5.41, 5.74) is 0. The number of primary sulfonamides is 1. The molecule has 0 aliphatic carbocycles. The zero-order valence-corrected chi connectivity index (χ0v) is 10.7. The van der Waals surface area contributed by atoms with Gasteiger partial charge in [-0.3, -0.25) is 0 Å². The van der Waals surface area contributed by atoms with Gasteiger partial charge >= 0.3 is 29.6 Å². The average molecular weight is 212 g/mol. The average Bonchev–Trinajstić information content (AvgIpc) is 1.88. The van der Waals surface area contributed by atoms with E-state index in [-0.39, 0.29) is 44.4 Å². The molecule has 0 saturated heterocycles. The molecule has 6 heteroatoms. The molecule has 1 rings (SSSR count). The number of hydrogen-bond acceptors (Lipinski definition) is 2. The van der Waals surface area contributed by atoms with Gasteiger partial charge in [-0.25, -0.2) is 13.6 Å². The summed E-state index contributed by atoms with van der Waals surface area (Å²) in [5, 5.41) is 4.82. The van der Waals surface area contributed by atoms with Crippen molar-refractivity contribution in [3.63, 3.8) is 0 Å². The molecule has 1 radical (unpaired) electrons. The van der Waals surface area contributed by atoms with E-state index in [0.29, 0.717) is 0 Å². The Kier molecular flexibility index (Phi) is 7.63. The van der Waals surface area contributed by atoms with Crippen LogP contribution in [0.15, 0.2) is 29.2 Å². The van der Waals surface area contributed by atoms with Gasteiger partial charge in [0.25, 0.3) is 0 Å². The minimum Gasteiger partial charge on any atom is -0.577 e. The smallest absolute Gasteiger partial charge is 0.577 e. The molecule has 0 saturated carbocycles. The summed E-state index contributed by atoms with van der Waals surface area (Å²) in [7, 11) is -3.52. The summed E-state index contributed by atoms with van der Waals surface area (Å²) < 4.78 is 21.2. The molecule has 12 heavy (non-hydrogen) atoms. The van der Waals surface area contributed by atoms with Gasteiger partial charge < -0.3 is 9.90 Å². The zero-order valence-electron chi connectivity index (χ0n) is 6.69. The van der Waals surface area contributed by atoms with Crippen LogP contribution in [0.4, 0.5) is 0 Å². The predicted molar refractivity (Wildman–Crippen MR) is 46.4 cm³/mol. The SMILES string of the molecule is NS(=O)(=O)c1cc[c]cc1.[Na+].[PH2-]. The van der Waals surface area contributed by atoms with Crippen LogP contribution in [0.1, 0.15) is 0 Å². The van der Waals surface area contributed by atoms with Crippen molar-refractivity contribution in [1.29, 1.82) is 0 Å². The molecule has 3 nitrogen and oxygen atoms in total. The van der Waals surface area contributed by atoms with Gasteiger partial charge in [-0.15, -0.1) is 0 Å². The van der Waals surface area contributed by atoms with E-state index >= 15 is 0 Å². The number of nitrogens with two attached hydrogens (primary N) is 1. The molecule has 0 unspecified atom stereocenters. The van der Waals surface area contributed by atoms with E-state index in [0.717, 1.165) is 0 Å². The van der Waals surface area contributed by atoms with Gasteiger partial charge in [-0.1, -0.05) is 12.1 Å². The summed E-state index contributed by atoms with van der Waals surface area (Å²) in [6.45, 7) is 0. The molecule has 61 valence electrons. The molecule has 0 fully saturated rings. The molecule has 0 spiro atoms. The zero-order chi connectivity index (χ0) is 7.61. The Hall–Kier alpha value is 0.560.